The molecule has 2 aromatic carbocycles. The first kappa shape index (κ1) is 19.8. The number of carbonyl (C=O) groups excluding carboxylic acids is 2. The lowest BCUT2D eigenvalue weighted by Gasteiger charge is -2.30. The Kier molecular flexibility index (Phi) is 6.26. The Hall–Kier alpha value is -2.92. The van der Waals surface area contributed by atoms with E-state index in [1.54, 1.807) is 0 Å². The van der Waals surface area contributed by atoms with Crippen molar-refractivity contribution in [2.75, 3.05) is 19.6 Å². The molecule has 0 aliphatic heterocycles. The monoisotopic (exact) mass is 377 g/mol. The molecule has 0 saturated heterocycles. The first-order valence-corrected chi connectivity index (χ1v) is 9.75. The maximum Gasteiger partial charge on any atom is 0.292 e. The maximum atomic E-state index is 12.9. The first-order valence-electron chi connectivity index (χ1n) is 9.75. The van der Waals surface area contributed by atoms with Gasteiger partial charge < -0.3 is 10.3 Å². The normalized spacial score (nSPS) is 12.3. The smallest absolute Gasteiger partial charge is 0.292 e. The third-order valence-corrected chi connectivity index (χ3v) is 5.22. The van der Waals surface area contributed by atoms with E-state index in [0.717, 1.165) is 29.6 Å². The van der Waals surface area contributed by atoms with Crippen LogP contribution in [0.2, 0.25) is 0 Å². The van der Waals surface area contributed by atoms with Crippen LogP contribution >= 0.6 is 0 Å². The van der Waals surface area contributed by atoms with Gasteiger partial charge in [0.25, 0.3) is 11.7 Å². The third kappa shape index (κ3) is 3.99. The van der Waals surface area contributed by atoms with E-state index in [2.05, 4.69) is 41.2 Å². The summed E-state index contributed by atoms with van der Waals surface area (Å²) in [6.07, 6.45) is 0. The molecule has 0 spiro atoms. The third-order valence-electron chi connectivity index (χ3n) is 5.22. The van der Waals surface area contributed by atoms with Crippen LogP contribution in [0.5, 0.6) is 0 Å². The fourth-order valence-corrected chi connectivity index (χ4v) is 3.75. The summed E-state index contributed by atoms with van der Waals surface area (Å²) in [5.74, 6) is -1.07. The number of aryl methyl sites for hydroxylation is 1. The van der Waals surface area contributed by atoms with Crippen LogP contribution in [0.25, 0.3) is 10.9 Å². The number of Topliss-reactive ketones (excluding diaryl/α,β-unsaturated/α-hetero) is 1. The Morgan fingerprint density at radius 1 is 1.00 bits per heavy atom. The van der Waals surface area contributed by atoms with Crippen LogP contribution in [0.4, 0.5) is 0 Å². The zero-order valence-electron chi connectivity index (χ0n) is 16.7. The van der Waals surface area contributed by atoms with Crippen LogP contribution in [-0.4, -0.2) is 41.2 Å². The van der Waals surface area contributed by atoms with Crippen molar-refractivity contribution < 1.29 is 9.59 Å². The van der Waals surface area contributed by atoms with Crippen molar-refractivity contribution in [1.82, 2.24) is 15.2 Å². The maximum absolute atomic E-state index is 12.9. The van der Waals surface area contributed by atoms with Gasteiger partial charge in [0, 0.05) is 23.1 Å². The van der Waals surface area contributed by atoms with Crippen LogP contribution < -0.4 is 5.32 Å². The first-order chi connectivity index (χ1) is 13.6. The molecule has 0 aliphatic rings. The number of H-pyrrole nitrogens is 1. The molecule has 0 aliphatic carbocycles. The van der Waals surface area contributed by atoms with Crippen molar-refractivity contribution in [1.29, 1.82) is 0 Å². The Labute approximate surface area is 165 Å². The summed E-state index contributed by atoms with van der Waals surface area (Å²) in [5.41, 5.74) is 3.15. The highest BCUT2D eigenvalue weighted by molar-refractivity contribution is 6.45. The number of carbonyl (C=O) groups is 2. The van der Waals surface area contributed by atoms with Crippen LogP contribution in [-0.2, 0) is 4.79 Å². The van der Waals surface area contributed by atoms with E-state index in [-0.39, 0.29) is 6.04 Å². The number of amides is 1. The number of nitrogens with zero attached hydrogens (tertiary/aromatic N) is 1. The standard InChI is InChI=1S/C23H27N3O2/c1-4-26(5-2)20(17-11-7-6-8-12-17)15-24-23(28)22(27)21-16(3)25-19-14-10-9-13-18(19)21/h6-14,20,25H,4-5,15H2,1-3H3,(H,24,28). The Bertz CT molecular complexity index is 958. The number of likely N-dealkylation sites (N-methyl/N-ethyl adjacent to an activating group) is 1. The van der Waals surface area contributed by atoms with Crippen molar-refractivity contribution >= 4 is 22.6 Å². The topological polar surface area (TPSA) is 65.2 Å². The Balaban J connectivity index is 1.79. The molecule has 3 aromatic rings. The molecule has 2 N–H and O–H groups in total. The number of aromatic nitrogens is 1. The fraction of sp³-hybridized carbons (Fsp3) is 0.304. The zero-order valence-corrected chi connectivity index (χ0v) is 16.7. The molecule has 1 atom stereocenters. The number of hydrogen-bond donors (Lipinski definition) is 2. The van der Waals surface area contributed by atoms with E-state index >= 15 is 0 Å². The Morgan fingerprint density at radius 2 is 1.64 bits per heavy atom. The molecule has 5 heteroatoms. The molecule has 3 rings (SSSR count). The average Bonchev–Trinajstić information content (AvgIpc) is 3.06. The van der Waals surface area contributed by atoms with Crippen LogP contribution in [0, 0.1) is 6.92 Å². The SMILES string of the molecule is CCN(CC)C(CNC(=O)C(=O)c1c(C)[nH]c2ccccc12)c1ccccc1. The van der Waals surface area contributed by atoms with Crippen molar-refractivity contribution in [3.05, 3.63) is 71.4 Å². The van der Waals surface area contributed by atoms with E-state index in [1.807, 2.05) is 49.4 Å². The minimum absolute atomic E-state index is 0.0250. The number of aromatic amines is 1. The van der Waals surface area contributed by atoms with Crippen LogP contribution in [0.15, 0.2) is 54.6 Å². The summed E-state index contributed by atoms with van der Waals surface area (Å²) in [5, 5.41) is 3.65. The van der Waals surface area contributed by atoms with Gasteiger partial charge in [-0.2, -0.15) is 0 Å². The van der Waals surface area contributed by atoms with E-state index < -0.39 is 11.7 Å². The summed E-state index contributed by atoms with van der Waals surface area (Å²) < 4.78 is 0. The van der Waals surface area contributed by atoms with Gasteiger partial charge in [-0.15, -0.1) is 0 Å². The molecule has 1 unspecified atom stereocenters. The highest BCUT2D eigenvalue weighted by Crippen LogP contribution is 2.23. The van der Waals surface area contributed by atoms with Crippen molar-refractivity contribution in [2.45, 2.75) is 26.8 Å². The molecular weight excluding hydrogens is 350 g/mol. The molecule has 0 fully saturated rings. The summed E-state index contributed by atoms with van der Waals surface area (Å²) in [6.45, 7) is 8.13. The molecule has 5 nitrogen and oxygen atoms in total. The van der Waals surface area contributed by atoms with Crippen LogP contribution in [0.1, 0.15) is 41.5 Å². The molecule has 0 bridgehead atoms. The lowest BCUT2D eigenvalue weighted by molar-refractivity contribution is -0.117. The average molecular weight is 377 g/mol. The summed E-state index contributed by atoms with van der Waals surface area (Å²) in [6, 6.07) is 17.6. The van der Waals surface area contributed by atoms with Crippen molar-refractivity contribution in [3.63, 3.8) is 0 Å². The van der Waals surface area contributed by atoms with Gasteiger partial charge in [-0.1, -0.05) is 62.4 Å². The molecular formula is C23H27N3O2. The minimum Gasteiger partial charge on any atom is -0.358 e. The van der Waals surface area contributed by atoms with Gasteiger partial charge in [-0.05, 0) is 31.6 Å². The summed E-state index contributed by atoms with van der Waals surface area (Å²) >= 11 is 0. The van der Waals surface area contributed by atoms with Gasteiger partial charge in [-0.3, -0.25) is 14.5 Å². The van der Waals surface area contributed by atoms with E-state index in [1.165, 1.54) is 0 Å². The largest absolute Gasteiger partial charge is 0.358 e. The van der Waals surface area contributed by atoms with Gasteiger partial charge >= 0.3 is 0 Å². The molecule has 1 heterocycles. The number of fused-ring (bicyclic) bond motifs is 1. The molecule has 1 aromatic heterocycles. The van der Waals surface area contributed by atoms with Gasteiger partial charge in [0.05, 0.1) is 11.6 Å². The van der Waals surface area contributed by atoms with Gasteiger partial charge in [0.2, 0.25) is 0 Å². The highest BCUT2D eigenvalue weighted by atomic mass is 16.2. The highest BCUT2D eigenvalue weighted by Gasteiger charge is 2.25. The van der Waals surface area contributed by atoms with Crippen LogP contribution in [0.3, 0.4) is 0 Å². The van der Waals surface area contributed by atoms with Gasteiger partial charge in [0.1, 0.15) is 0 Å². The predicted molar refractivity (Wildman–Crippen MR) is 112 cm³/mol. The second-order valence-electron chi connectivity index (χ2n) is 6.86. The summed E-state index contributed by atoms with van der Waals surface area (Å²) in [7, 11) is 0. The number of nitrogens with one attached hydrogen (secondary N) is 2. The number of benzene rings is 2. The number of para-hydroxylation sites is 1. The predicted octanol–water partition coefficient (Wildman–Crippen LogP) is 3.86. The lowest BCUT2D eigenvalue weighted by Crippen LogP contribution is -2.40. The minimum atomic E-state index is -0.569. The van der Waals surface area contributed by atoms with Crippen molar-refractivity contribution in [3.8, 4) is 0 Å². The van der Waals surface area contributed by atoms with Gasteiger partial charge in [-0.25, -0.2) is 0 Å². The molecule has 28 heavy (non-hydrogen) atoms. The fourth-order valence-electron chi connectivity index (χ4n) is 3.75. The zero-order chi connectivity index (χ0) is 20.1. The number of ketones is 1. The van der Waals surface area contributed by atoms with E-state index in [9.17, 15) is 9.59 Å². The molecule has 146 valence electrons. The second-order valence-corrected chi connectivity index (χ2v) is 6.86. The summed E-state index contributed by atoms with van der Waals surface area (Å²) in [4.78, 5) is 31.0. The second kappa shape index (κ2) is 8.85. The van der Waals surface area contributed by atoms with Crippen molar-refractivity contribution in [2.24, 2.45) is 0 Å². The molecule has 1 amide bonds. The Morgan fingerprint density at radius 3 is 2.32 bits per heavy atom. The number of hydrogen-bond acceptors (Lipinski definition) is 3. The molecule has 0 saturated carbocycles. The quantitative estimate of drug-likeness (QED) is 0.463. The molecule has 0 radical (unpaired) electrons. The lowest BCUT2D eigenvalue weighted by atomic mass is 10.0. The number of rotatable bonds is 8. The van der Waals surface area contributed by atoms with Gasteiger partial charge in [0.15, 0.2) is 0 Å². The van der Waals surface area contributed by atoms with E-state index in [0.29, 0.717) is 17.8 Å². The van der Waals surface area contributed by atoms with E-state index in [4.69, 9.17) is 0 Å².